The first-order valence-electron chi connectivity index (χ1n) is 10.2. The first kappa shape index (κ1) is 22.9. The third-order valence-corrected chi connectivity index (χ3v) is 7.30. The van der Waals surface area contributed by atoms with Crippen LogP contribution in [0.25, 0.3) is 0 Å². The highest BCUT2D eigenvalue weighted by atomic mass is 35.5. The molecule has 1 aliphatic rings. The van der Waals surface area contributed by atoms with E-state index in [4.69, 9.17) is 11.6 Å². The zero-order valence-electron chi connectivity index (χ0n) is 17.4. The Morgan fingerprint density at radius 1 is 0.909 bits per heavy atom. The van der Waals surface area contributed by atoms with Gasteiger partial charge in [0.2, 0.25) is 0 Å². The number of nitrogens with one attached hydrogen (secondary N) is 1. The molecule has 4 rings (SSSR count). The van der Waals surface area contributed by atoms with Gasteiger partial charge in [0.15, 0.2) is 0 Å². The molecule has 0 spiro atoms. The second-order valence-corrected chi connectivity index (χ2v) is 9.56. The molecule has 0 aromatic heterocycles. The number of nitrogens with zero attached hydrogens (tertiary/aromatic N) is 2. The Kier molecular flexibility index (Phi) is 6.44. The highest BCUT2D eigenvalue weighted by molar-refractivity contribution is 7.92. The van der Waals surface area contributed by atoms with E-state index in [0.29, 0.717) is 37.6 Å². The third-order valence-electron chi connectivity index (χ3n) is 5.42. The van der Waals surface area contributed by atoms with Gasteiger partial charge in [0, 0.05) is 31.9 Å². The maximum atomic E-state index is 14.1. The normalized spacial score (nSPS) is 14.2. The van der Waals surface area contributed by atoms with Crippen LogP contribution in [0, 0.1) is 5.82 Å². The molecule has 0 atom stereocenters. The molecule has 0 unspecified atom stereocenters. The second-order valence-electron chi connectivity index (χ2n) is 7.50. The summed E-state index contributed by atoms with van der Waals surface area (Å²) in [6.45, 7) is 2.00. The number of benzene rings is 3. The van der Waals surface area contributed by atoms with Crippen molar-refractivity contribution in [2.75, 3.05) is 40.7 Å². The van der Waals surface area contributed by atoms with E-state index >= 15 is 0 Å². The van der Waals surface area contributed by atoms with Gasteiger partial charge < -0.3 is 14.9 Å². The van der Waals surface area contributed by atoms with Crippen LogP contribution < -0.4 is 14.5 Å². The van der Waals surface area contributed by atoms with Gasteiger partial charge in [-0.15, -0.1) is 0 Å². The van der Waals surface area contributed by atoms with E-state index in [2.05, 4.69) is 4.72 Å². The number of para-hydroxylation sites is 1. The first-order valence-corrected chi connectivity index (χ1v) is 12.0. The quantitative estimate of drug-likeness (QED) is 0.536. The number of rotatable bonds is 6. The highest BCUT2D eigenvalue weighted by Crippen LogP contribution is 2.29. The van der Waals surface area contributed by atoms with Gasteiger partial charge in [0.1, 0.15) is 10.7 Å². The molecule has 0 amide bonds. The number of hydrogen-bond donors (Lipinski definition) is 2. The minimum absolute atomic E-state index is 0.0336. The van der Waals surface area contributed by atoms with Crippen molar-refractivity contribution in [1.82, 2.24) is 0 Å². The maximum Gasteiger partial charge on any atom is 0.337 e. The maximum absolute atomic E-state index is 14.1. The van der Waals surface area contributed by atoms with Crippen molar-refractivity contribution in [2.24, 2.45) is 0 Å². The molecule has 172 valence electrons. The van der Waals surface area contributed by atoms with Crippen molar-refractivity contribution in [3.8, 4) is 0 Å². The van der Waals surface area contributed by atoms with Crippen LogP contribution in [0.3, 0.4) is 0 Å². The lowest BCUT2D eigenvalue weighted by molar-refractivity contribution is 0.0697. The van der Waals surface area contributed by atoms with Crippen LogP contribution in [-0.2, 0) is 10.0 Å². The van der Waals surface area contributed by atoms with E-state index in [1.165, 1.54) is 30.3 Å². The van der Waals surface area contributed by atoms with E-state index in [0.717, 1.165) is 0 Å². The topological polar surface area (TPSA) is 89.9 Å². The number of sulfonamides is 1. The molecule has 0 saturated carbocycles. The molecular weight excluding hydrogens is 469 g/mol. The number of halogens is 2. The molecule has 3 aromatic carbocycles. The Bertz CT molecular complexity index is 1290. The third kappa shape index (κ3) is 4.89. The number of anilines is 3. The van der Waals surface area contributed by atoms with E-state index in [1.807, 2.05) is 9.80 Å². The van der Waals surface area contributed by atoms with Gasteiger partial charge >= 0.3 is 5.97 Å². The van der Waals surface area contributed by atoms with Gasteiger partial charge in [-0.05, 0) is 42.5 Å². The molecule has 1 aliphatic heterocycles. The summed E-state index contributed by atoms with van der Waals surface area (Å²) in [6.07, 6.45) is 0. The van der Waals surface area contributed by atoms with Crippen molar-refractivity contribution in [1.29, 1.82) is 0 Å². The predicted molar refractivity (Wildman–Crippen MR) is 126 cm³/mol. The average molecular weight is 490 g/mol. The lowest BCUT2D eigenvalue weighted by atomic mass is 10.1. The van der Waals surface area contributed by atoms with Crippen molar-refractivity contribution in [3.05, 3.63) is 83.1 Å². The molecule has 1 fully saturated rings. The number of hydrogen-bond acceptors (Lipinski definition) is 5. The zero-order valence-corrected chi connectivity index (χ0v) is 19.0. The molecule has 1 saturated heterocycles. The van der Waals surface area contributed by atoms with E-state index < -0.39 is 16.0 Å². The van der Waals surface area contributed by atoms with Crippen LogP contribution in [-0.4, -0.2) is 45.7 Å². The Labute approximate surface area is 196 Å². The lowest BCUT2D eigenvalue weighted by Gasteiger charge is -2.38. The summed E-state index contributed by atoms with van der Waals surface area (Å²) in [5, 5.41) is 9.82. The number of carboxylic acid groups (broad SMARTS) is 1. The number of carbonyl (C=O) groups is 1. The second kappa shape index (κ2) is 9.29. The van der Waals surface area contributed by atoms with Gasteiger partial charge in [-0.1, -0.05) is 35.9 Å². The van der Waals surface area contributed by atoms with Gasteiger partial charge in [-0.2, -0.15) is 0 Å². The number of aromatic carboxylic acids is 1. The molecule has 2 N–H and O–H groups in total. The van der Waals surface area contributed by atoms with Crippen LogP contribution >= 0.6 is 11.6 Å². The van der Waals surface area contributed by atoms with Crippen LogP contribution in [0.4, 0.5) is 21.5 Å². The fourth-order valence-corrected chi connectivity index (χ4v) is 5.39. The monoisotopic (exact) mass is 489 g/mol. The van der Waals surface area contributed by atoms with Crippen molar-refractivity contribution in [2.45, 2.75) is 4.90 Å². The molecule has 10 heteroatoms. The fraction of sp³-hybridized carbons (Fsp3) is 0.174. The number of carboxylic acids is 1. The van der Waals surface area contributed by atoms with Gasteiger partial charge in [0.05, 0.1) is 22.0 Å². The van der Waals surface area contributed by atoms with Crippen molar-refractivity contribution in [3.63, 3.8) is 0 Å². The van der Waals surface area contributed by atoms with Crippen molar-refractivity contribution >= 4 is 44.7 Å². The van der Waals surface area contributed by atoms with E-state index in [1.54, 1.807) is 36.4 Å². The lowest BCUT2D eigenvalue weighted by Crippen LogP contribution is -2.47. The van der Waals surface area contributed by atoms with Crippen LogP contribution in [0.2, 0.25) is 5.02 Å². The molecular formula is C23H21ClFN3O4S. The molecule has 0 radical (unpaired) electrons. The minimum atomic E-state index is -4.00. The smallest absolute Gasteiger partial charge is 0.337 e. The Morgan fingerprint density at radius 3 is 2.15 bits per heavy atom. The van der Waals surface area contributed by atoms with Crippen LogP contribution in [0.5, 0.6) is 0 Å². The van der Waals surface area contributed by atoms with Crippen LogP contribution in [0.15, 0.2) is 71.6 Å². The Hall–Kier alpha value is -3.30. The Balaban J connectivity index is 1.54. The molecule has 1 heterocycles. The summed E-state index contributed by atoms with van der Waals surface area (Å²) in [5.41, 5.74) is 1.06. The minimum Gasteiger partial charge on any atom is -0.478 e. The van der Waals surface area contributed by atoms with Gasteiger partial charge in [0.25, 0.3) is 10.0 Å². The summed E-state index contributed by atoms with van der Waals surface area (Å²) >= 11 is 6.00. The molecule has 7 nitrogen and oxygen atoms in total. The van der Waals surface area contributed by atoms with Crippen molar-refractivity contribution < 1.29 is 22.7 Å². The van der Waals surface area contributed by atoms with Crippen LogP contribution in [0.1, 0.15) is 10.4 Å². The summed E-state index contributed by atoms with van der Waals surface area (Å²) in [6, 6.07) is 16.9. The largest absolute Gasteiger partial charge is 0.478 e. The molecule has 0 bridgehead atoms. The molecule has 3 aromatic rings. The standard InChI is InChI=1S/C23H21ClFN3O4S/c24-18-5-1-4-8-22(18)33(31,32)26-16-9-10-20(17(15-16)23(29)30)27-11-13-28(14-12-27)21-7-3-2-6-19(21)25/h1-10,15,26H,11-14H2,(H,29,30). The summed E-state index contributed by atoms with van der Waals surface area (Å²) in [7, 11) is -4.00. The average Bonchev–Trinajstić information content (AvgIpc) is 2.79. The van der Waals surface area contributed by atoms with E-state index in [-0.39, 0.29) is 27.0 Å². The Morgan fingerprint density at radius 2 is 1.52 bits per heavy atom. The van der Waals surface area contributed by atoms with E-state index in [9.17, 15) is 22.7 Å². The SMILES string of the molecule is O=C(O)c1cc(NS(=O)(=O)c2ccccc2Cl)ccc1N1CCN(c2ccccc2F)CC1. The van der Waals surface area contributed by atoms with Gasteiger partial charge in [-0.25, -0.2) is 17.6 Å². The molecule has 0 aliphatic carbocycles. The fourth-order valence-electron chi connectivity index (χ4n) is 3.82. The summed E-state index contributed by atoms with van der Waals surface area (Å²) < 4.78 is 41.9. The number of piperazine rings is 1. The molecule has 33 heavy (non-hydrogen) atoms. The summed E-state index contributed by atoms with van der Waals surface area (Å²) in [5.74, 6) is -1.48. The zero-order chi connectivity index (χ0) is 23.6. The first-order chi connectivity index (χ1) is 15.8. The predicted octanol–water partition coefficient (Wildman–Crippen LogP) is 4.30. The van der Waals surface area contributed by atoms with Gasteiger partial charge in [-0.3, -0.25) is 4.72 Å². The summed E-state index contributed by atoms with van der Waals surface area (Å²) in [4.78, 5) is 15.7. The highest BCUT2D eigenvalue weighted by Gasteiger charge is 2.24.